The summed E-state index contributed by atoms with van der Waals surface area (Å²) < 4.78 is 30.0. The lowest BCUT2D eigenvalue weighted by Crippen LogP contribution is -2.19. The molecule has 0 aliphatic carbocycles. The Morgan fingerprint density at radius 3 is 2.68 bits per heavy atom. The van der Waals surface area contributed by atoms with Crippen LogP contribution in [-0.4, -0.2) is 38.8 Å². The molecule has 0 radical (unpaired) electrons. The van der Waals surface area contributed by atoms with Crippen LogP contribution < -0.4 is 14.2 Å². The van der Waals surface area contributed by atoms with Crippen LogP contribution in [0.3, 0.4) is 0 Å². The smallest absolute Gasteiger partial charge is 0.161 e. The van der Waals surface area contributed by atoms with E-state index in [1.165, 1.54) is 13.2 Å². The largest absolute Gasteiger partial charge is 0.497 e. The summed E-state index contributed by atoms with van der Waals surface area (Å²) in [6, 6.07) is 10.8. The minimum Gasteiger partial charge on any atom is -0.497 e. The van der Waals surface area contributed by atoms with Crippen LogP contribution in [0.25, 0.3) is 6.08 Å². The number of halogens is 1. The summed E-state index contributed by atoms with van der Waals surface area (Å²) in [5.41, 5.74) is 1.70. The van der Waals surface area contributed by atoms with Crippen molar-refractivity contribution < 1.29 is 18.6 Å². The van der Waals surface area contributed by atoms with Crippen molar-refractivity contribution in [2.45, 2.75) is 6.54 Å². The van der Waals surface area contributed by atoms with Gasteiger partial charge in [0.2, 0.25) is 0 Å². The summed E-state index contributed by atoms with van der Waals surface area (Å²) in [4.78, 5) is 2.14. The molecule has 3 rings (SSSR count). The topological polar surface area (TPSA) is 30.9 Å². The second-order valence-electron chi connectivity index (χ2n) is 5.96. The molecule has 0 atom stereocenters. The zero-order valence-electron chi connectivity index (χ0n) is 14.5. The van der Waals surface area contributed by atoms with Crippen molar-refractivity contribution in [3.8, 4) is 17.2 Å². The van der Waals surface area contributed by atoms with Gasteiger partial charge in [-0.3, -0.25) is 4.90 Å². The molecular weight excluding hydrogens is 321 g/mol. The van der Waals surface area contributed by atoms with E-state index in [-0.39, 0.29) is 5.82 Å². The zero-order chi connectivity index (χ0) is 17.6. The molecule has 0 bridgehead atoms. The number of fused-ring (bicyclic) bond motifs is 1. The summed E-state index contributed by atoms with van der Waals surface area (Å²) in [7, 11) is 3.54. The molecule has 0 amide bonds. The first-order chi connectivity index (χ1) is 12.2. The number of likely N-dealkylation sites (N-methyl/N-ethyl adjacent to an activating group) is 1. The Morgan fingerprint density at radius 1 is 1.12 bits per heavy atom. The van der Waals surface area contributed by atoms with Gasteiger partial charge in [0.1, 0.15) is 24.8 Å². The normalized spacial score (nSPS) is 13.4. The third-order valence-corrected chi connectivity index (χ3v) is 3.98. The summed E-state index contributed by atoms with van der Waals surface area (Å²) in [5, 5.41) is 0. The van der Waals surface area contributed by atoms with Gasteiger partial charge in [0.05, 0.1) is 7.11 Å². The van der Waals surface area contributed by atoms with Crippen LogP contribution in [0.1, 0.15) is 11.1 Å². The Balaban J connectivity index is 1.56. The molecule has 0 unspecified atom stereocenters. The van der Waals surface area contributed by atoms with Crippen molar-refractivity contribution in [3.05, 3.63) is 59.4 Å². The molecule has 0 aromatic heterocycles. The van der Waals surface area contributed by atoms with Crippen LogP contribution in [0, 0.1) is 5.82 Å². The Labute approximate surface area is 147 Å². The number of hydrogen-bond donors (Lipinski definition) is 0. The lowest BCUT2D eigenvalue weighted by atomic mass is 10.1. The maximum Gasteiger partial charge on any atom is 0.161 e. The van der Waals surface area contributed by atoms with Crippen LogP contribution in [0.2, 0.25) is 0 Å². The van der Waals surface area contributed by atoms with Gasteiger partial charge in [0.25, 0.3) is 0 Å². The quantitative estimate of drug-likeness (QED) is 0.799. The molecule has 1 aliphatic rings. The van der Waals surface area contributed by atoms with Gasteiger partial charge in [-0.15, -0.1) is 0 Å². The van der Waals surface area contributed by atoms with Gasteiger partial charge in [0, 0.05) is 24.7 Å². The number of ether oxygens (including phenoxy) is 3. The molecule has 132 valence electrons. The number of nitrogens with zero attached hydrogens (tertiary/aromatic N) is 1. The second kappa shape index (κ2) is 8.03. The maximum atomic E-state index is 13.9. The van der Waals surface area contributed by atoms with Gasteiger partial charge in [-0.1, -0.05) is 18.2 Å². The molecular formula is C20H22FNO3. The lowest BCUT2D eigenvalue weighted by molar-refractivity contribution is 0.171. The highest BCUT2D eigenvalue weighted by molar-refractivity contribution is 5.51. The van der Waals surface area contributed by atoms with Gasteiger partial charge < -0.3 is 14.2 Å². The summed E-state index contributed by atoms with van der Waals surface area (Å²) in [6.07, 6.45) is 3.73. The molecule has 1 heterocycles. The summed E-state index contributed by atoms with van der Waals surface area (Å²) in [6.45, 7) is 2.66. The van der Waals surface area contributed by atoms with Crippen molar-refractivity contribution in [1.82, 2.24) is 4.90 Å². The van der Waals surface area contributed by atoms with Gasteiger partial charge in [0.15, 0.2) is 11.5 Å². The fourth-order valence-corrected chi connectivity index (χ4v) is 2.69. The van der Waals surface area contributed by atoms with E-state index in [9.17, 15) is 4.39 Å². The van der Waals surface area contributed by atoms with Gasteiger partial charge >= 0.3 is 0 Å². The minimum atomic E-state index is -0.287. The molecule has 2 aromatic rings. The van der Waals surface area contributed by atoms with Crippen LogP contribution in [-0.2, 0) is 6.54 Å². The molecule has 0 saturated carbocycles. The van der Waals surface area contributed by atoms with Crippen LogP contribution in [0.5, 0.6) is 17.2 Å². The Bertz CT molecular complexity index is 761. The monoisotopic (exact) mass is 343 g/mol. The first-order valence-electron chi connectivity index (χ1n) is 8.23. The zero-order valence-corrected chi connectivity index (χ0v) is 14.5. The highest BCUT2D eigenvalue weighted by atomic mass is 19.1. The summed E-state index contributed by atoms with van der Waals surface area (Å²) in [5.74, 6) is 1.83. The molecule has 0 fully saturated rings. The first-order valence-corrected chi connectivity index (χ1v) is 8.23. The molecule has 0 spiro atoms. The van der Waals surface area contributed by atoms with Crippen LogP contribution >= 0.6 is 0 Å². The molecule has 0 N–H and O–H groups in total. The SMILES string of the molecule is COc1ccc(/C=C/CN(C)Cc2ccc3c(c2)OCCO3)c(F)c1. The lowest BCUT2D eigenvalue weighted by Gasteiger charge is -2.20. The van der Waals surface area contributed by atoms with Crippen molar-refractivity contribution in [2.24, 2.45) is 0 Å². The van der Waals surface area contributed by atoms with Crippen molar-refractivity contribution in [3.63, 3.8) is 0 Å². The average molecular weight is 343 g/mol. The predicted octanol–water partition coefficient (Wildman–Crippen LogP) is 3.75. The third-order valence-electron chi connectivity index (χ3n) is 3.98. The third kappa shape index (κ3) is 4.51. The molecule has 5 heteroatoms. The van der Waals surface area contributed by atoms with E-state index in [0.717, 1.165) is 23.6 Å². The van der Waals surface area contributed by atoms with E-state index in [1.54, 1.807) is 18.2 Å². The summed E-state index contributed by atoms with van der Waals surface area (Å²) >= 11 is 0. The van der Waals surface area contributed by atoms with Crippen molar-refractivity contribution in [2.75, 3.05) is 33.9 Å². The van der Waals surface area contributed by atoms with Crippen LogP contribution in [0.15, 0.2) is 42.5 Å². The fraction of sp³-hybridized carbons (Fsp3) is 0.300. The number of rotatable bonds is 6. The second-order valence-corrected chi connectivity index (χ2v) is 5.96. The van der Waals surface area contributed by atoms with Crippen molar-refractivity contribution in [1.29, 1.82) is 0 Å². The van der Waals surface area contributed by atoms with E-state index >= 15 is 0 Å². The highest BCUT2D eigenvalue weighted by Crippen LogP contribution is 2.31. The van der Waals surface area contributed by atoms with E-state index in [2.05, 4.69) is 4.90 Å². The molecule has 2 aromatic carbocycles. The maximum absolute atomic E-state index is 13.9. The van der Waals surface area contributed by atoms with Crippen molar-refractivity contribution >= 4 is 6.08 Å². The molecule has 0 saturated heterocycles. The number of methoxy groups -OCH3 is 1. The highest BCUT2D eigenvalue weighted by Gasteiger charge is 2.12. The Kier molecular flexibility index (Phi) is 5.56. The standard InChI is InChI=1S/C20H22FNO3/c1-22(9-3-4-16-6-7-17(23-2)13-18(16)21)14-15-5-8-19-20(12-15)25-11-10-24-19/h3-8,12-13H,9-11,14H2,1-2H3/b4-3+. The first kappa shape index (κ1) is 17.3. The Morgan fingerprint density at radius 2 is 1.92 bits per heavy atom. The van der Waals surface area contributed by atoms with E-state index in [4.69, 9.17) is 14.2 Å². The average Bonchev–Trinajstić information content (AvgIpc) is 2.63. The van der Waals surface area contributed by atoms with E-state index < -0.39 is 0 Å². The molecule has 4 nitrogen and oxygen atoms in total. The number of benzene rings is 2. The van der Waals surface area contributed by atoms with Crippen LogP contribution in [0.4, 0.5) is 4.39 Å². The van der Waals surface area contributed by atoms with E-state index in [0.29, 0.717) is 31.1 Å². The van der Waals surface area contributed by atoms with Gasteiger partial charge in [-0.25, -0.2) is 4.39 Å². The molecule has 25 heavy (non-hydrogen) atoms. The number of hydrogen-bond acceptors (Lipinski definition) is 4. The van der Waals surface area contributed by atoms with E-state index in [1.807, 2.05) is 31.3 Å². The predicted molar refractivity (Wildman–Crippen MR) is 95.8 cm³/mol. The van der Waals surface area contributed by atoms with Gasteiger partial charge in [-0.2, -0.15) is 0 Å². The van der Waals surface area contributed by atoms with Gasteiger partial charge in [-0.05, 0) is 36.9 Å². The minimum absolute atomic E-state index is 0.287. The molecule has 1 aliphatic heterocycles. The Hall–Kier alpha value is -2.53. The fourth-order valence-electron chi connectivity index (χ4n) is 2.69.